The van der Waals surface area contributed by atoms with Gasteiger partial charge >= 0.3 is 0 Å². The minimum absolute atomic E-state index is 0.00231. The Labute approximate surface area is 76.6 Å². The minimum Gasteiger partial charge on any atom is -0.287 e. The summed E-state index contributed by atoms with van der Waals surface area (Å²) in [6, 6.07) is 3.65. The smallest absolute Gasteiger partial charge is 0.211 e. The van der Waals surface area contributed by atoms with E-state index in [0.29, 0.717) is 5.69 Å². The Balaban J connectivity index is 2.25. The zero-order valence-electron chi connectivity index (χ0n) is 7.32. The van der Waals surface area contributed by atoms with Crippen molar-refractivity contribution >= 4 is 5.78 Å². The maximum atomic E-state index is 11.6. The summed E-state index contributed by atoms with van der Waals surface area (Å²) < 4.78 is 0. The van der Waals surface area contributed by atoms with Crippen LogP contribution in [0.15, 0.2) is 42.1 Å². The number of carbonyl (C=O) groups is 1. The highest BCUT2D eigenvalue weighted by Gasteiger charge is 2.12. The third kappa shape index (κ3) is 1.43. The molecule has 2 rings (SSSR count). The third-order valence-electron chi connectivity index (χ3n) is 1.96. The van der Waals surface area contributed by atoms with Crippen LogP contribution in [0.5, 0.6) is 0 Å². The van der Waals surface area contributed by atoms with Crippen molar-refractivity contribution in [3.05, 3.63) is 53.4 Å². The van der Waals surface area contributed by atoms with E-state index in [9.17, 15) is 4.79 Å². The van der Waals surface area contributed by atoms with Gasteiger partial charge in [0.05, 0.1) is 0 Å². The molecule has 0 spiro atoms. The van der Waals surface area contributed by atoms with E-state index in [0.717, 1.165) is 11.1 Å². The van der Waals surface area contributed by atoms with Crippen LogP contribution < -0.4 is 0 Å². The molecular formula is C11H9NO. The summed E-state index contributed by atoms with van der Waals surface area (Å²) in [5.41, 5.74) is 2.31. The molecule has 0 atom stereocenters. The second kappa shape index (κ2) is 2.98. The van der Waals surface area contributed by atoms with Crippen molar-refractivity contribution in [2.75, 3.05) is 0 Å². The van der Waals surface area contributed by atoms with Gasteiger partial charge in [0.1, 0.15) is 5.69 Å². The molecule has 1 heterocycles. The van der Waals surface area contributed by atoms with Gasteiger partial charge < -0.3 is 0 Å². The highest BCUT2D eigenvalue weighted by Crippen LogP contribution is 2.13. The van der Waals surface area contributed by atoms with Crippen molar-refractivity contribution < 1.29 is 4.79 Å². The fourth-order valence-corrected chi connectivity index (χ4v) is 1.09. The van der Waals surface area contributed by atoms with E-state index in [1.807, 2.05) is 19.1 Å². The Morgan fingerprint density at radius 3 is 2.62 bits per heavy atom. The van der Waals surface area contributed by atoms with Crippen molar-refractivity contribution in [3.8, 4) is 0 Å². The Morgan fingerprint density at radius 1 is 1.38 bits per heavy atom. The van der Waals surface area contributed by atoms with Crippen LogP contribution in [0, 0.1) is 6.92 Å². The molecule has 13 heavy (non-hydrogen) atoms. The lowest BCUT2D eigenvalue weighted by molar-refractivity contribution is 0.103. The van der Waals surface area contributed by atoms with Gasteiger partial charge in [-0.2, -0.15) is 0 Å². The quantitative estimate of drug-likeness (QED) is 0.637. The van der Waals surface area contributed by atoms with Crippen LogP contribution in [0.2, 0.25) is 0 Å². The lowest BCUT2D eigenvalue weighted by Gasteiger charge is -2.04. The zero-order valence-corrected chi connectivity index (χ0v) is 7.32. The average molecular weight is 171 g/mol. The normalized spacial score (nSPS) is 13.5. The molecule has 0 amide bonds. The number of Topliss-reactive ketones (excluding diaryl/α,β-unsaturated/α-hetero) is 1. The molecule has 0 saturated heterocycles. The van der Waals surface area contributed by atoms with E-state index in [1.54, 1.807) is 24.4 Å². The number of hydrogen-bond acceptors (Lipinski definition) is 2. The molecule has 0 saturated carbocycles. The van der Waals surface area contributed by atoms with Crippen LogP contribution in [-0.4, -0.2) is 10.8 Å². The van der Waals surface area contributed by atoms with Crippen molar-refractivity contribution in [2.24, 2.45) is 0 Å². The van der Waals surface area contributed by atoms with Crippen LogP contribution in [0.1, 0.15) is 16.1 Å². The molecule has 0 unspecified atom stereocenters. The topological polar surface area (TPSA) is 30.0 Å². The summed E-state index contributed by atoms with van der Waals surface area (Å²) in [7, 11) is 0. The summed E-state index contributed by atoms with van der Waals surface area (Å²) in [6.45, 7) is 1.95. The first-order chi connectivity index (χ1) is 6.27. The summed E-state index contributed by atoms with van der Waals surface area (Å²) >= 11 is 0. The second-order valence-electron chi connectivity index (χ2n) is 3.03. The van der Waals surface area contributed by atoms with Crippen LogP contribution in [-0.2, 0) is 0 Å². The molecular weight excluding hydrogens is 162 g/mol. The fourth-order valence-electron chi connectivity index (χ4n) is 1.09. The molecule has 2 nitrogen and oxygen atoms in total. The first-order valence-corrected chi connectivity index (χ1v) is 4.13. The third-order valence-corrected chi connectivity index (χ3v) is 1.96. The lowest BCUT2D eigenvalue weighted by atomic mass is 10.0. The van der Waals surface area contributed by atoms with E-state index in [1.165, 1.54) is 0 Å². The molecule has 1 aliphatic rings. The molecule has 0 N–H and O–H groups in total. The van der Waals surface area contributed by atoms with Gasteiger partial charge in [0.15, 0.2) is 0 Å². The fraction of sp³-hybridized carbons (Fsp3) is 0.0909. The molecule has 1 aromatic rings. The Kier molecular flexibility index (Phi) is 1.81. The number of hydrogen-bond donors (Lipinski definition) is 0. The Morgan fingerprint density at radius 2 is 2.15 bits per heavy atom. The molecule has 0 radical (unpaired) electrons. The minimum atomic E-state index is 0.00231. The Hall–Kier alpha value is -1.70. The first-order valence-electron chi connectivity index (χ1n) is 4.13. The lowest BCUT2D eigenvalue weighted by Crippen LogP contribution is -2.06. The van der Waals surface area contributed by atoms with Gasteiger partial charge in [0.2, 0.25) is 5.78 Å². The highest BCUT2D eigenvalue weighted by molar-refractivity contribution is 6.10. The summed E-state index contributed by atoms with van der Waals surface area (Å²) in [6.07, 6.45) is 7.14. The molecule has 0 aromatic carbocycles. The summed E-state index contributed by atoms with van der Waals surface area (Å²) in [5.74, 6) is 0.00231. The predicted octanol–water partition coefficient (Wildman–Crippen LogP) is 2.07. The van der Waals surface area contributed by atoms with Gasteiger partial charge in [0, 0.05) is 11.8 Å². The Bertz CT molecular complexity index is 399. The number of nitrogens with zero attached hydrogens (tertiary/aromatic N) is 1. The van der Waals surface area contributed by atoms with Crippen LogP contribution in [0.3, 0.4) is 0 Å². The second-order valence-corrected chi connectivity index (χ2v) is 3.03. The van der Waals surface area contributed by atoms with Gasteiger partial charge in [-0.15, -0.1) is 0 Å². The van der Waals surface area contributed by atoms with Crippen LogP contribution >= 0.6 is 0 Å². The summed E-state index contributed by atoms with van der Waals surface area (Å²) in [5, 5.41) is 0. The molecule has 64 valence electrons. The van der Waals surface area contributed by atoms with Crippen molar-refractivity contribution in [2.45, 2.75) is 6.92 Å². The predicted molar refractivity (Wildman–Crippen MR) is 50.5 cm³/mol. The summed E-state index contributed by atoms with van der Waals surface area (Å²) in [4.78, 5) is 15.6. The number of aromatic nitrogens is 1. The van der Waals surface area contributed by atoms with E-state index >= 15 is 0 Å². The van der Waals surface area contributed by atoms with Gasteiger partial charge in [-0.1, -0.05) is 24.3 Å². The molecule has 0 aliphatic heterocycles. The van der Waals surface area contributed by atoms with E-state index in [-0.39, 0.29) is 5.78 Å². The zero-order chi connectivity index (χ0) is 9.26. The van der Waals surface area contributed by atoms with Crippen molar-refractivity contribution in [3.63, 3.8) is 0 Å². The van der Waals surface area contributed by atoms with Gasteiger partial charge in [0.25, 0.3) is 0 Å². The molecule has 2 heteroatoms. The number of carbonyl (C=O) groups excluding carboxylic acids is 1. The van der Waals surface area contributed by atoms with Gasteiger partial charge in [-0.25, -0.2) is 0 Å². The highest BCUT2D eigenvalue weighted by atomic mass is 16.1. The van der Waals surface area contributed by atoms with Crippen molar-refractivity contribution in [1.82, 2.24) is 4.98 Å². The van der Waals surface area contributed by atoms with Gasteiger partial charge in [-0.3, -0.25) is 9.78 Å². The standard InChI is InChI=1S/C11H9NO/c1-8-5-6-10(12-7-8)11(13)9-3-2-4-9/h2-7H,1H3. The van der Waals surface area contributed by atoms with Crippen LogP contribution in [0.25, 0.3) is 0 Å². The number of rotatable bonds is 2. The first kappa shape index (κ1) is 7.92. The molecule has 0 fully saturated rings. The average Bonchev–Trinajstić information content (AvgIpc) is 2.02. The molecule has 1 aliphatic carbocycles. The molecule has 0 bridgehead atoms. The van der Waals surface area contributed by atoms with Gasteiger partial charge in [-0.05, 0) is 18.6 Å². The van der Waals surface area contributed by atoms with E-state index in [4.69, 9.17) is 0 Å². The largest absolute Gasteiger partial charge is 0.287 e. The maximum Gasteiger partial charge on any atom is 0.211 e. The molecule has 1 aromatic heterocycles. The number of pyridine rings is 1. The SMILES string of the molecule is Cc1ccc(C(=O)C2=CC=C2)nc1. The maximum absolute atomic E-state index is 11.6. The van der Waals surface area contributed by atoms with Crippen molar-refractivity contribution in [1.29, 1.82) is 0 Å². The monoisotopic (exact) mass is 171 g/mol. The number of aryl methyl sites for hydroxylation is 1. The van der Waals surface area contributed by atoms with E-state index in [2.05, 4.69) is 4.98 Å². The van der Waals surface area contributed by atoms with E-state index < -0.39 is 0 Å². The van der Waals surface area contributed by atoms with Crippen LogP contribution in [0.4, 0.5) is 0 Å². The number of ketones is 1. The number of allylic oxidation sites excluding steroid dienone is 4.